The van der Waals surface area contributed by atoms with Crippen LogP contribution in [0.15, 0.2) is 24.5 Å². The molecule has 0 N–H and O–H groups in total. The Bertz CT molecular complexity index is 470. The van der Waals surface area contributed by atoms with Crippen LogP contribution in [0.25, 0.3) is 0 Å². The van der Waals surface area contributed by atoms with Crippen molar-refractivity contribution >= 4 is 17.5 Å². The van der Waals surface area contributed by atoms with Gasteiger partial charge >= 0.3 is 0 Å². The molecule has 5 nitrogen and oxygen atoms in total. The van der Waals surface area contributed by atoms with E-state index in [9.17, 15) is 4.79 Å². The molecule has 0 fully saturated rings. The van der Waals surface area contributed by atoms with Crippen molar-refractivity contribution in [2.75, 3.05) is 7.11 Å². The number of rotatable bonds is 3. The van der Waals surface area contributed by atoms with E-state index in [-0.39, 0.29) is 17.2 Å². The number of ether oxygens (including phenoxy) is 1. The number of aromatic nitrogens is 3. The molecule has 2 aromatic rings. The Hall–Kier alpha value is -1.82. The summed E-state index contributed by atoms with van der Waals surface area (Å²) in [4.78, 5) is 15.8. The van der Waals surface area contributed by atoms with Crippen LogP contribution in [0, 0.1) is 0 Å². The molecule has 0 radical (unpaired) electrons. The van der Waals surface area contributed by atoms with Crippen LogP contribution in [-0.4, -0.2) is 26.6 Å². The van der Waals surface area contributed by atoms with E-state index in [4.69, 9.17) is 4.74 Å². The highest BCUT2D eigenvalue weighted by Gasteiger charge is 2.17. The molecule has 0 unspecified atom stereocenters. The maximum Gasteiger partial charge on any atom is 0.236 e. The maximum absolute atomic E-state index is 11.8. The molecule has 2 rings (SSSR count). The van der Waals surface area contributed by atoms with Gasteiger partial charge in [0.25, 0.3) is 0 Å². The van der Waals surface area contributed by atoms with Crippen LogP contribution in [0.1, 0.15) is 16.2 Å². The van der Waals surface area contributed by atoms with Gasteiger partial charge in [0.1, 0.15) is 11.4 Å². The van der Waals surface area contributed by atoms with Crippen molar-refractivity contribution < 1.29 is 9.53 Å². The van der Waals surface area contributed by atoms with Gasteiger partial charge in [-0.05, 0) is 12.1 Å². The lowest BCUT2D eigenvalue weighted by atomic mass is 10.2. The maximum atomic E-state index is 11.8. The Balaban J connectivity index is 2.42. The summed E-state index contributed by atoms with van der Waals surface area (Å²) >= 11 is 0.987. The molecule has 0 aliphatic heterocycles. The number of carbonyl (C=O) groups is 1. The highest BCUT2D eigenvalue weighted by molar-refractivity contribution is 6.99. The van der Waals surface area contributed by atoms with Crippen molar-refractivity contribution in [1.82, 2.24) is 13.7 Å². The smallest absolute Gasteiger partial charge is 0.236 e. The molecule has 2 aromatic heterocycles. The summed E-state index contributed by atoms with van der Waals surface area (Å²) in [6.45, 7) is 0. The van der Waals surface area contributed by atoms with Crippen molar-refractivity contribution in [3.05, 3.63) is 35.9 Å². The predicted octanol–water partition coefficient (Wildman–Crippen LogP) is 1.17. The number of hydrogen-bond acceptors (Lipinski definition) is 6. The third-order valence-electron chi connectivity index (χ3n) is 1.80. The highest BCUT2D eigenvalue weighted by atomic mass is 32.1. The van der Waals surface area contributed by atoms with Gasteiger partial charge in [-0.1, -0.05) is 0 Å². The molecular formula is C9H7N3O2S. The van der Waals surface area contributed by atoms with E-state index in [0.29, 0.717) is 5.75 Å². The van der Waals surface area contributed by atoms with Gasteiger partial charge in [-0.3, -0.25) is 4.79 Å². The molecule has 0 saturated heterocycles. The lowest BCUT2D eigenvalue weighted by Gasteiger charge is -2.03. The van der Waals surface area contributed by atoms with Crippen molar-refractivity contribution in [2.24, 2.45) is 0 Å². The van der Waals surface area contributed by atoms with Crippen LogP contribution in [0.4, 0.5) is 0 Å². The molecular weight excluding hydrogens is 214 g/mol. The van der Waals surface area contributed by atoms with Gasteiger partial charge in [0.15, 0.2) is 5.69 Å². The van der Waals surface area contributed by atoms with E-state index in [0.717, 1.165) is 11.7 Å². The molecule has 6 heteroatoms. The van der Waals surface area contributed by atoms with E-state index in [1.54, 1.807) is 12.1 Å². The number of hydrogen-bond donors (Lipinski definition) is 0. The minimum absolute atomic E-state index is 0.257. The fourth-order valence-electron chi connectivity index (χ4n) is 1.11. The zero-order chi connectivity index (χ0) is 10.7. The van der Waals surface area contributed by atoms with E-state index in [2.05, 4.69) is 13.7 Å². The lowest BCUT2D eigenvalue weighted by molar-refractivity contribution is 0.102. The SMILES string of the molecule is COc1cccnc1C(=O)c1cnsn1. The first kappa shape index (κ1) is 9.72. The summed E-state index contributed by atoms with van der Waals surface area (Å²) in [6, 6.07) is 3.38. The van der Waals surface area contributed by atoms with Gasteiger partial charge in [0, 0.05) is 6.20 Å². The average Bonchev–Trinajstić information content (AvgIpc) is 2.81. The normalized spacial score (nSPS) is 9.93. The minimum atomic E-state index is -0.277. The van der Waals surface area contributed by atoms with Gasteiger partial charge in [-0.2, -0.15) is 8.75 Å². The van der Waals surface area contributed by atoms with Gasteiger partial charge in [0.05, 0.1) is 25.0 Å². The zero-order valence-corrected chi connectivity index (χ0v) is 8.69. The quantitative estimate of drug-likeness (QED) is 0.728. The molecule has 15 heavy (non-hydrogen) atoms. The number of ketones is 1. The fourth-order valence-corrected chi connectivity index (χ4v) is 1.52. The molecule has 0 aromatic carbocycles. The van der Waals surface area contributed by atoms with E-state index in [1.165, 1.54) is 19.5 Å². The van der Waals surface area contributed by atoms with Gasteiger partial charge in [0.2, 0.25) is 5.78 Å². The highest BCUT2D eigenvalue weighted by Crippen LogP contribution is 2.17. The Labute approximate surface area is 90.1 Å². The van der Waals surface area contributed by atoms with E-state index in [1.807, 2.05) is 0 Å². The van der Waals surface area contributed by atoms with E-state index >= 15 is 0 Å². The van der Waals surface area contributed by atoms with Crippen molar-refractivity contribution in [1.29, 1.82) is 0 Å². The third-order valence-corrected chi connectivity index (χ3v) is 2.28. The monoisotopic (exact) mass is 221 g/mol. The van der Waals surface area contributed by atoms with Gasteiger partial charge < -0.3 is 4.74 Å². The molecule has 0 atom stereocenters. The van der Waals surface area contributed by atoms with Crippen LogP contribution < -0.4 is 4.74 Å². The summed E-state index contributed by atoms with van der Waals surface area (Å²) in [5, 5.41) is 0. The Morgan fingerprint density at radius 2 is 2.40 bits per heavy atom. The van der Waals surface area contributed by atoms with Crippen LogP contribution in [0.3, 0.4) is 0 Å². The Morgan fingerprint density at radius 1 is 1.53 bits per heavy atom. The molecule has 0 aliphatic carbocycles. The first-order valence-corrected chi connectivity index (χ1v) is 4.87. The first-order chi connectivity index (χ1) is 7.33. The molecule has 0 saturated carbocycles. The van der Waals surface area contributed by atoms with Crippen LogP contribution in [-0.2, 0) is 0 Å². The largest absolute Gasteiger partial charge is 0.494 e. The van der Waals surface area contributed by atoms with Gasteiger partial charge in [-0.25, -0.2) is 4.98 Å². The lowest BCUT2D eigenvalue weighted by Crippen LogP contribution is -2.06. The average molecular weight is 221 g/mol. The topological polar surface area (TPSA) is 65.0 Å². The van der Waals surface area contributed by atoms with Crippen molar-refractivity contribution in [3.63, 3.8) is 0 Å². The van der Waals surface area contributed by atoms with Crippen LogP contribution in [0.2, 0.25) is 0 Å². The molecule has 0 aliphatic rings. The van der Waals surface area contributed by atoms with Gasteiger partial charge in [-0.15, -0.1) is 0 Å². The van der Waals surface area contributed by atoms with E-state index < -0.39 is 0 Å². The number of nitrogens with zero attached hydrogens (tertiary/aromatic N) is 3. The second-order valence-corrected chi connectivity index (χ2v) is 3.23. The number of pyridine rings is 1. The van der Waals surface area contributed by atoms with Crippen LogP contribution in [0.5, 0.6) is 5.75 Å². The van der Waals surface area contributed by atoms with Crippen LogP contribution >= 0.6 is 11.7 Å². The molecule has 0 amide bonds. The number of methoxy groups -OCH3 is 1. The predicted molar refractivity (Wildman–Crippen MR) is 54.1 cm³/mol. The molecule has 2 heterocycles. The molecule has 76 valence electrons. The second kappa shape index (κ2) is 4.14. The standard InChI is InChI=1S/C9H7N3O2S/c1-14-7-3-2-4-10-8(7)9(13)6-5-11-15-12-6/h2-5H,1H3. The minimum Gasteiger partial charge on any atom is -0.494 e. The fraction of sp³-hybridized carbons (Fsp3) is 0.111. The zero-order valence-electron chi connectivity index (χ0n) is 7.88. The summed E-state index contributed by atoms with van der Waals surface area (Å²) < 4.78 is 12.7. The number of carbonyl (C=O) groups excluding carboxylic acids is 1. The summed E-state index contributed by atoms with van der Waals surface area (Å²) in [5.74, 6) is 0.164. The molecule has 0 spiro atoms. The van der Waals surface area contributed by atoms with Crippen molar-refractivity contribution in [3.8, 4) is 5.75 Å². The van der Waals surface area contributed by atoms with Crippen molar-refractivity contribution in [2.45, 2.75) is 0 Å². The Kier molecular flexibility index (Phi) is 2.68. The molecule has 0 bridgehead atoms. The first-order valence-electron chi connectivity index (χ1n) is 4.14. The summed E-state index contributed by atoms with van der Waals surface area (Å²) in [6.07, 6.45) is 2.96. The Morgan fingerprint density at radius 3 is 3.07 bits per heavy atom. The second-order valence-electron chi connectivity index (χ2n) is 2.68. The third kappa shape index (κ3) is 1.84. The summed E-state index contributed by atoms with van der Waals surface area (Å²) in [5.41, 5.74) is 0.546. The summed E-state index contributed by atoms with van der Waals surface area (Å²) in [7, 11) is 1.49.